The van der Waals surface area contributed by atoms with E-state index >= 15 is 0 Å². The van der Waals surface area contributed by atoms with E-state index in [0.29, 0.717) is 41.7 Å². The summed E-state index contributed by atoms with van der Waals surface area (Å²) in [6, 6.07) is 16.3. The summed E-state index contributed by atoms with van der Waals surface area (Å²) in [7, 11) is 1.56. The number of benzene rings is 2. The standard InChI is InChI=1S/C25H25N3O4/c1-4-31-22-11-8-19(13-23(22)30-3)27-25(29)18-6-9-21(10-7-18)32-16-20-15-28-14-17(2)5-12-24(28)26-20/h5-15H,4,16H2,1-3H3,(H,27,29). The lowest BCUT2D eigenvalue weighted by Gasteiger charge is -2.12. The van der Waals surface area contributed by atoms with Crippen molar-refractivity contribution in [1.82, 2.24) is 9.38 Å². The first-order chi connectivity index (χ1) is 15.6. The lowest BCUT2D eigenvalue weighted by Crippen LogP contribution is -2.12. The molecule has 0 radical (unpaired) electrons. The second-order valence-corrected chi connectivity index (χ2v) is 7.27. The van der Waals surface area contributed by atoms with E-state index in [1.807, 2.05) is 42.8 Å². The highest BCUT2D eigenvalue weighted by atomic mass is 16.5. The molecule has 164 valence electrons. The molecule has 4 rings (SSSR count). The Hall–Kier alpha value is -4.00. The third kappa shape index (κ3) is 4.83. The van der Waals surface area contributed by atoms with Crippen LogP contribution < -0.4 is 19.5 Å². The van der Waals surface area contributed by atoms with E-state index in [1.165, 1.54) is 5.56 Å². The number of hydrogen-bond donors (Lipinski definition) is 1. The molecule has 7 heteroatoms. The van der Waals surface area contributed by atoms with E-state index in [-0.39, 0.29) is 5.91 Å². The second-order valence-electron chi connectivity index (χ2n) is 7.27. The monoisotopic (exact) mass is 431 g/mol. The van der Waals surface area contributed by atoms with Crippen molar-refractivity contribution < 1.29 is 19.0 Å². The Kier molecular flexibility index (Phi) is 6.26. The van der Waals surface area contributed by atoms with Crippen molar-refractivity contribution in [2.45, 2.75) is 20.5 Å². The van der Waals surface area contributed by atoms with Gasteiger partial charge in [-0.15, -0.1) is 0 Å². The van der Waals surface area contributed by atoms with Crippen LogP contribution in [0.4, 0.5) is 5.69 Å². The van der Waals surface area contributed by atoms with Crippen LogP contribution in [0, 0.1) is 6.92 Å². The quantitative estimate of drug-likeness (QED) is 0.430. The molecule has 1 N–H and O–H groups in total. The van der Waals surface area contributed by atoms with Gasteiger partial charge in [-0.3, -0.25) is 4.79 Å². The van der Waals surface area contributed by atoms with Crippen molar-refractivity contribution >= 4 is 17.2 Å². The van der Waals surface area contributed by atoms with Gasteiger partial charge in [-0.2, -0.15) is 0 Å². The number of carbonyl (C=O) groups is 1. The molecule has 4 aromatic rings. The molecule has 0 aliphatic heterocycles. The van der Waals surface area contributed by atoms with Gasteiger partial charge in [0.15, 0.2) is 11.5 Å². The fourth-order valence-electron chi connectivity index (χ4n) is 3.31. The maximum Gasteiger partial charge on any atom is 0.255 e. The van der Waals surface area contributed by atoms with Crippen LogP contribution in [0.15, 0.2) is 67.0 Å². The zero-order chi connectivity index (χ0) is 22.5. The van der Waals surface area contributed by atoms with Crippen molar-refractivity contribution in [2.75, 3.05) is 19.0 Å². The van der Waals surface area contributed by atoms with E-state index in [0.717, 1.165) is 11.3 Å². The minimum absolute atomic E-state index is 0.224. The number of fused-ring (bicyclic) bond motifs is 1. The van der Waals surface area contributed by atoms with Crippen LogP contribution in [0.25, 0.3) is 5.65 Å². The number of rotatable bonds is 8. The van der Waals surface area contributed by atoms with Crippen LogP contribution in [-0.2, 0) is 6.61 Å². The summed E-state index contributed by atoms with van der Waals surface area (Å²) < 4.78 is 18.7. The van der Waals surface area contributed by atoms with E-state index in [1.54, 1.807) is 49.6 Å². The number of carbonyl (C=O) groups excluding carboxylic acids is 1. The number of aromatic nitrogens is 2. The molecule has 32 heavy (non-hydrogen) atoms. The fourth-order valence-corrected chi connectivity index (χ4v) is 3.31. The Bertz CT molecular complexity index is 1230. The van der Waals surface area contributed by atoms with Gasteiger partial charge in [-0.25, -0.2) is 4.98 Å². The molecule has 2 heterocycles. The Morgan fingerprint density at radius 1 is 1.00 bits per heavy atom. The van der Waals surface area contributed by atoms with Gasteiger partial charge in [0.05, 0.1) is 19.4 Å². The smallest absolute Gasteiger partial charge is 0.255 e. The Morgan fingerprint density at radius 3 is 2.56 bits per heavy atom. The summed E-state index contributed by atoms with van der Waals surface area (Å²) in [6.07, 6.45) is 3.98. The third-order valence-electron chi connectivity index (χ3n) is 4.87. The molecule has 0 saturated carbocycles. The van der Waals surface area contributed by atoms with Crippen molar-refractivity contribution in [3.8, 4) is 17.2 Å². The van der Waals surface area contributed by atoms with Crippen molar-refractivity contribution in [3.05, 3.63) is 83.8 Å². The van der Waals surface area contributed by atoms with Gasteiger partial charge in [0, 0.05) is 29.7 Å². The van der Waals surface area contributed by atoms with Crippen LogP contribution in [0.1, 0.15) is 28.5 Å². The highest BCUT2D eigenvalue weighted by Crippen LogP contribution is 2.30. The van der Waals surface area contributed by atoms with Crippen LogP contribution in [0.2, 0.25) is 0 Å². The summed E-state index contributed by atoms with van der Waals surface area (Å²) in [5, 5.41) is 2.87. The van der Waals surface area contributed by atoms with E-state index < -0.39 is 0 Å². The molecule has 0 fully saturated rings. The number of anilines is 1. The van der Waals surface area contributed by atoms with E-state index in [9.17, 15) is 4.79 Å². The van der Waals surface area contributed by atoms with Gasteiger partial charge in [-0.05, 0) is 61.9 Å². The van der Waals surface area contributed by atoms with E-state index in [4.69, 9.17) is 14.2 Å². The molecule has 2 aromatic carbocycles. The number of amides is 1. The molecule has 0 aliphatic carbocycles. The number of imidazole rings is 1. The van der Waals surface area contributed by atoms with Crippen molar-refractivity contribution in [2.24, 2.45) is 0 Å². The van der Waals surface area contributed by atoms with E-state index in [2.05, 4.69) is 10.3 Å². The molecule has 1 amide bonds. The number of methoxy groups -OCH3 is 1. The van der Waals surface area contributed by atoms with Crippen LogP contribution in [0.3, 0.4) is 0 Å². The minimum atomic E-state index is -0.224. The lowest BCUT2D eigenvalue weighted by molar-refractivity contribution is 0.102. The highest BCUT2D eigenvalue weighted by molar-refractivity contribution is 6.04. The topological polar surface area (TPSA) is 74.1 Å². The van der Waals surface area contributed by atoms with Crippen LogP contribution in [-0.4, -0.2) is 29.0 Å². The first kappa shape index (κ1) is 21.2. The van der Waals surface area contributed by atoms with Crippen molar-refractivity contribution in [1.29, 1.82) is 0 Å². The van der Waals surface area contributed by atoms with Gasteiger partial charge >= 0.3 is 0 Å². The molecule has 2 aromatic heterocycles. The van der Waals surface area contributed by atoms with Gasteiger partial charge in [0.2, 0.25) is 0 Å². The molecule has 0 spiro atoms. The Balaban J connectivity index is 1.37. The van der Waals surface area contributed by atoms with Crippen LogP contribution in [0.5, 0.6) is 17.2 Å². The average Bonchev–Trinajstić information content (AvgIpc) is 3.21. The lowest BCUT2D eigenvalue weighted by atomic mass is 10.2. The largest absolute Gasteiger partial charge is 0.493 e. The van der Waals surface area contributed by atoms with Crippen molar-refractivity contribution in [3.63, 3.8) is 0 Å². The number of nitrogens with zero attached hydrogens (tertiary/aromatic N) is 2. The average molecular weight is 431 g/mol. The predicted octanol–water partition coefficient (Wildman–Crippen LogP) is 4.88. The second kappa shape index (κ2) is 9.43. The number of ether oxygens (including phenoxy) is 3. The zero-order valence-electron chi connectivity index (χ0n) is 18.3. The normalized spacial score (nSPS) is 10.7. The Morgan fingerprint density at radius 2 is 1.81 bits per heavy atom. The maximum atomic E-state index is 12.6. The Labute approximate surface area is 186 Å². The van der Waals surface area contributed by atoms with Gasteiger partial charge in [0.1, 0.15) is 18.0 Å². The summed E-state index contributed by atoms with van der Waals surface area (Å²) in [4.78, 5) is 17.2. The molecule has 0 saturated heterocycles. The third-order valence-corrected chi connectivity index (χ3v) is 4.87. The number of hydrogen-bond acceptors (Lipinski definition) is 5. The molecule has 0 aliphatic rings. The summed E-state index contributed by atoms with van der Waals surface area (Å²) in [5.74, 6) is 1.64. The summed E-state index contributed by atoms with van der Waals surface area (Å²) in [5.41, 5.74) is 4.03. The fraction of sp³-hybridized carbons (Fsp3) is 0.200. The SMILES string of the molecule is CCOc1ccc(NC(=O)c2ccc(OCc3cn4cc(C)ccc4n3)cc2)cc1OC. The molecule has 7 nitrogen and oxygen atoms in total. The molecular formula is C25H25N3O4. The number of aryl methyl sites for hydroxylation is 1. The molecule has 0 bridgehead atoms. The van der Waals surface area contributed by atoms with Gasteiger partial charge in [-0.1, -0.05) is 6.07 Å². The molecule has 0 unspecified atom stereocenters. The van der Waals surface area contributed by atoms with Crippen LogP contribution >= 0.6 is 0 Å². The molecular weight excluding hydrogens is 406 g/mol. The summed E-state index contributed by atoms with van der Waals surface area (Å²) in [6.45, 7) is 4.83. The predicted molar refractivity (Wildman–Crippen MR) is 123 cm³/mol. The number of nitrogens with one attached hydrogen (secondary N) is 1. The zero-order valence-corrected chi connectivity index (χ0v) is 18.3. The highest BCUT2D eigenvalue weighted by Gasteiger charge is 2.10. The minimum Gasteiger partial charge on any atom is -0.493 e. The first-order valence-electron chi connectivity index (χ1n) is 10.3. The van der Waals surface area contributed by atoms with Gasteiger partial charge in [0.25, 0.3) is 5.91 Å². The maximum absolute atomic E-state index is 12.6. The number of pyridine rings is 1. The summed E-state index contributed by atoms with van der Waals surface area (Å²) >= 11 is 0. The first-order valence-corrected chi connectivity index (χ1v) is 10.3. The molecule has 0 atom stereocenters. The van der Waals surface area contributed by atoms with Gasteiger partial charge < -0.3 is 23.9 Å².